The van der Waals surface area contributed by atoms with Crippen LogP contribution in [0, 0.1) is 22.0 Å². The molecule has 1 aliphatic carbocycles. The van der Waals surface area contributed by atoms with E-state index in [2.05, 4.69) is 0 Å². The van der Waals surface area contributed by atoms with Crippen molar-refractivity contribution in [3.63, 3.8) is 0 Å². The summed E-state index contributed by atoms with van der Waals surface area (Å²) in [6, 6.07) is -0.492. The first-order valence-electron chi connectivity index (χ1n) is 4.75. The standard InChI is InChI=1S/C9H15NO3/c1-7(6-11)8-4-2-3-5-9(8)10(12)13/h6-9H,2-5H2,1H3/t7-,8+,9+/m1/s1. The van der Waals surface area contributed by atoms with Crippen molar-refractivity contribution >= 4 is 6.29 Å². The van der Waals surface area contributed by atoms with Crippen molar-refractivity contribution < 1.29 is 9.72 Å². The number of hydrogen-bond donors (Lipinski definition) is 0. The SMILES string of the molecule is C[C@H](C=O)[C@@H]1CCCC[C@@H]1[N+](=O)[O-]. The molecule has 74 valence electrons. The Hall–Kier alpha value is -0.930. The fourth-order valence-electron chi connectivity index (χ4n) is 2.12. The highest BCUT2D eigenvalue weighted by molar-refractivity contribution is 5.53. The first-order chi connectivity index (χ1) is 6.16. The third kappa shape index (κ3) is 2.26. The summed E-state index contributed by atoms with van der Waals surface area (Å²) >= 11 is 0. The summed E-state index contributed by atoms with van der Waals surface area (Å²) in [7, 11) is 0. The van der Waals surface area contributed by atoms with E-state index in [4.69, 9.17) is 0 Å². The average Bonchev–Trinajstić information content (AvgIpc) is 2.16. The summed E-state index contributed by atoms with van der Waals surface area (Å²) in [6.45, 7) is 1.78. The zero-order chi connectivity index (χ0) is 9.84. The first-order valence-corrected chi connectivity index (χ1v) is 4.75. The molecule has 1 saturated carbocycles. The van der Waals surface area contributed by atoms with Crippen molar-refractivity contribution in [1.82, 2.24) is 0 Å². The van der Waals surface area contributed by atoms with Gasteiger partial charge in [0.25, 0.3) is 0 Å². The van der Waals surface area contributed by atoms with Crippen LogP contribution in [-0.4, -0.2) is 17.3 Å². The Morgan fingerprint density at radius 3 is 2.62 bits per heavy atom. The van der Waals surface area contributed by atoms with E-state index in [1.54, 1.807) is 6.92 Å². The van der Waals surface area contributed by atoms with E-state index in [-0.39, 0.29) is 16.8 Å². The lowest BCUT2D eigenvalue weighted by molar-refractivity contribution is -0.537. The van der Waals surface area contributed by atoms with E-state index >= 15 is 0 Å². The van der Waals surface area contributed by atoms with Gasteiger partial charge in [0.2, 0.25) is 6.04 Å². The molecule has 0 aliphatic heterocycles. The second kappa shape index (κ2) is 4.35. The van der Waals surface area contributed by atoms with Gasteiger partial charge >= 0.3 is 0 Å². The molecule has 0 unspecified atom stereocenters. The molecular weight excluding hydrogens is 170 g/mol. The Morgan fingerprint density at radius 2 is 2.08 bits per heavy atom. The predicted molar refractivity (Wildman–Crippen MR) is 48.0 cm³/mol. The van der Waals surface area contributed by atoms with Crippen LogP contribution >= 0.6 is 0 Å². The Bertz CT molecular complexity index is 205. The van der Waals surface area contributed by atoms with Crippen LogP contribution in [0.25, 0.3) is 0 Å². The van der Waals surface area contributed by atoms with Gasteiger partial charge in [-0.2, -0.15) is 0 Å². The molecule has 0 amide bonds. The molecule has 4 heteroatoms. The van der Waals surface area contributed by atoms with E-state index in [1.807, 2.05) is 0 Å². The number of aldehydes is 1. The normalized spacial score (nSPS) is 30.8. The van der Waals surface area contributed by atoms with Gasteiger partial charge in [0.05, 0.1) is 0 Å². The third-order valence-corrected chi connectivity index (χ3v) is 2.94. The molecular formula is C9H15NO3. The van der Waals surface area contributed by atoms with Gasteiger partial charge in [-0.1, -0.05) is 13.3 Å². The smallest absolute Gasteiger partial charge is 0.216 e. The number of nitrogens with zero attached hydrogens (tertiary/aromatic N) is 1. The van der Waals surface area contributed by atoms with Gasteiger partial charge in [-0.05, 0) is 12.8 Å². The third-order valence-electron chi connectivity index (χ3n) is 2.94. The molecule has 13 heavy (non-hydrogen) atoms. The lowest BCUT2D eigenvalue weighted by Gasteiger charge is -2.27. The van der Waals surface area contributed by atoms with E-state index in [0.717, 1.165) is 25.5 Å². The van der Waals surface area contributed by atoms with Crippen molar-refractivity contribution in [2.45, 2.75) is 38.6 Å². The summed E-state index contributed by atoms with van der Waals surface area (Å²) in [6.07, 6.45) is 4.24. The minimum absolute atomic E-state index is 0.0405. The van der Waals surface area contributed by atoms with Gasteiger partial charge in [0, 0.05) is 23.2 Å². The maximum atomic E-state index is 10.7. The van der Waals surface area contributed by atoms with Crippen molar-refractivity contribution in [3.8, 4) is 0 Å². The Balaban J connectivity index is 2.66. The van der Waals surface area contributed by atoms with E-state index in [0.29, 0.717) is 6.42 Å². The summed E-state index contributed by atoms with van der Waals surface area (Å²) in [5.74, 6) is -0.211. The van der Waals surface area contributed by atoms with E-state index < -0.39 is 6.04 Å². The molecule has 4 nitrogen and oxygen atoms in total. The highest BCUT2D eigenvalue weighted by Gasteiger charge is 2.37. The van der Waals surface area contributed by atoms with Crippen LogP contribution in [0.3, 0.4) is 0 Å². The van der Waals surface area contributed by atoms with Gasteiger partial charge in [-0.25, -0.2) is 0 Å². The summed E-state index contributed by atoms with van der Waals surface area (Å²) in [5, 5.41) is 10.7. The van der Waals surface area contributed by atoms with Crippen molar-refractivity contribution in [2.75, 3.05) is 0 Å². The molecule has 0 aromatic rings. The number of rotatable bonds is 3. The fraction of sp³-hybridized carbons (Fsp3) is 0.889. The number of carbonyl (C=O) groups is 1. The first kappa shape index (κ1) is 10.2. The number of carbonyl (C=O) groups excluding carboxylic acids is 1. The monoisotopic (exact) mass is 185 g/mol. The molecule has 0 aromatic carbocycles. The molecule has 0 bridgehead atoms. The van der Waals surface area contributed by atoms with Gasteiger partial charge < -0.3 is 4.79 Å². The van der Waals surface area contributed by atoms with Crippen LogP contribution in [-0.2, 0) is 4.79 Å². The fourth-order valence-corrected chi connectivity index (χ4v) is 2.12. The van der Waals surface area contributed by atoms with Crippen LogP contribution in [0.2, 0.25) is 0 Å². The molecule has 3 atom stereocenters. The van der Waals surface area contributed by atoms with Crippen LogP contribution in [0.15, 0.2) is 0 Å². The van der Waals surface area contributed by atoms with Crippen molar-refractivity contribution in [2.24, 2.45) is 11.8 Å². The molecule has 0 N–H and O–H groups in total. The number of hydrogen-bond acceptors (Lipinski definition) is 3. The zero-order valence-corrected chi connectivity index (χ0v) is 7.81. The van der Waals surface area contributed by atoms with E-state index in [9.17, 15) is 14.9 Å². The highest BCUT2D eigenvalue weighted by Crippen LogP contribution is 2.31. The van der Waals surface area contributed by atoms with Crippen LogP contribution in [0.4, 0.5) is 0 Å². The molecule has 0 spiro atoms. The van der Waals surface area contributed by atoms with Gasteiger partial charge in [0.15, 0.2) is 0 Å². The Kier molecular flexibility index (Phi) is 3.39. The van der Waals surface area contributed by atoms with Crippen LogP contribution in [0.5, 0.6) is 0 Å². The predicted octanol–water partition coefficient (Wildman–Crippen LogP) is 1.66. The van der Waals surface area contributed by atoms with Crippen LogP contribution < -0.4 is 0 Å². The lowest BCUT2D eigenvalue weighted by Crippen LogP contribution is -2.36. The molecule has 1 rings (SSSR count). The van der Waals surface area contributed by atoms with Gasteiger partial charge in [-0.15, -0.1) is 0 Å². The van der Waals surface area contributed by atoms with Crippen LogP contribution in [0.1, 0.15) is 32.6 Å². The molecule has 0 radical (unpaired) electrons. The lowest BCUT2D eigenvalue weighted by atomic mass is 9.78. The number of nitro groups is 1. The Morgan fingerprint density at radius 1 is 1.46 bits per heavy atom. The molecule has 0 saturated heterocycles. The quantitative estimate of drug-likeness (QED) is 0.381. The second-order valence-corrected chi connectivity index (χ2v) is 3.80. The summed E-state index contributed by atoms with van der Waals surface area (Å²) < 4.78 is 0. The minimum Gasteiger partial charge on any atom is -0.303 e. The van der Waals surface area contributed by atoms with Gasteiger partial charge in [-0.3, -0.25) is 10.1 Å². The molecule has 0 aromatic heterocycles. The topological polar surface area (TPSA) is 60.2 Å². The van der Waals surface area contributed by atoms with Crippen molar-refractivity contribution in [1.29, 1.82) is 0 Å². The van der Waals surface area contributed by atoms with Crippen molar-refractivity contribution in [3.05, 3.63) is 10.1 Å². The summed E-state index contributed by atoms with van der Waals surface area (Å²) in [4.78, 5) is 21.0. The molecule has 1 fully saturated rings. The van der Waals surface area contributed by atoms with E-state index in [1.165, 1.54) is 0 Å². The maximum Gasteiger partial charge on any atom is 0.216 e. The largest absolute Gasteiger partial charge is 0.303 e. The zero-order valence-electron chi connectivity index (χ0n) is 7.81. The molecule has 0 heterocycles. The minimum atomic E-state index is -0.492. The maximum absolute atomic E-state index is 10.7. The second-order valence-electron chi connectivity index (χ2n) is 3.80. The highest BCUT2D eigenvalue weighted by atomic mass is 16.6. The summed E-state index contributed by atoms with van der Waals surface area (Å²) in [5.41, 5.74) is 0. The Labute approximate surface area is 77.5 Å². The van der Waals surface area contributed by atoms with Gasteiger partial charge in [0.1, 0.15) is 6.29 Å². The average molecular weight is 185 g/mol. The molecule has 1 aliphatic rings.